The molecule has 2 aliphatic carbocycles. The third-order valence-electron chi connectivity index (χ3n) is 5.10. The fourth-order valence-electron chi connectivity index (χ4n) is 3.63. The molecule has 0 N–H and O–H groups in total. The van der Waals surface area contributed by atoms with Crippen LogP contribution in [0.2, 0.25) is 0 Å². The Bertz CT molecular complexity index is 414. The van der Waals surface area contributed by atoms with Crippen LogP contribution in [-0.4, -0.2) is 59.5 Å². The van der Waals surface area contributed by atoms with E-state index in [0.29, 0.717) is 19.1 Å². The van der Waals surface area contributed by atoms with E-state index in [2.05, 4.69) is 0 Å². The van der Waals surface area contributed by atoms with Crippen LogP contribution >= 0.6 is 0 Å². The maximum Gasteiger partial charge on any atom is 0.251 e. The first kappa shape index (κ1) is 15.8. The summed E-state index contributed by atoms with van der Waals surface area (Å²) in [7, 11) is 0. The lowest BCUT2D eigenvalue weighted by Crippen LogP contribution is -2.55. The molecule has 1 aliphatic heterocycles. The van der Waals surface area contributed by atoms with Crippen LogP contribution in [0.25, 0.3) is 0 Å². The van der Waals surface area contributed by atoms with Gasteiger partial charge >= 0.3 is 0 Å². The average Bonchev–Trinajstić information content (AvgIpc) is 3.33. The van der Waals surface area contributed by atoms with Gasteiger partial charge in [-0.25, -0.2) is 0 Å². The van der Waals surface area contributed by atoms with Gasteiger partial charge in [-0.1, -0.05) is 25.7 Å². The highest BCUT2D eigenvalue weighted by atomic mass is 16.5. The highest BCUT2D eigenvalue weighted by Crippen LogP contribution is 2.28. The minimum Gasteiger partial charge on any atom is -0.365 e. The van der Waals surface area contributed by atoms with Crippen LogP contribution in [0, 0.1) is 0 Å². The zero-order chi connectivity index (χ0) is 15.5. The van der Waals surface area contributed by atoms with E-state index in [1.165, 1.54) is 25.7 Å². The van der Waals surface area contributed by atoms with Crippen molar-refractivity contribution in [3.63, 3.8) is 0 Å². The van der Waals surface area contributed by atoms with Crippen molar-refractivity contribution in [1.82, 2.24) is 9.80 Å². The molecule has 124 valence electrons. The van der Waals surface area contributed by atoms with Crippen molar-refractivity contribution >= 4 is 11.8 Å². The van der Waals surface area contributed by atoms with Gasteiger partial charge in [0.15, 0.2) is 0 Å². The van der Waals surface area contributed by atoms with Crippen LogP contribution in [0.15, 0.2) is 0 Å². The average molecular weight is 308 g/mol. The molecule has 0 aromatic heterocycles. The van der Waals surface area contributed by atoms with Gasteiger partial charge in [0.1, 0.15) is 6.10 Å². The number of amides is 2. The molecule has 22 heavy (non-hydrogen) atoms. The quantitative estimate of drug-likeness (QED) is 0.746. The SMILES string of the molecule is CC(OC1CCCCCC1)C(=O)N1CCN(C2CC2)C(=O)C1. The lowest BCUT2D eigenvalue weighted by atomic mass is 10.1. The molecule has 0 bridgehead atoms. The molecule has 5 heteroatoms. The summed E-state index contributed by atoms with van der Waals surface area (Å²) < 4.78 is 5.99. The summed E-state index contributed by atoms with van der Waals surface area (Å²) in [5.74, 6) is 0.0804. The topological polar surface area (TPSA) is 49.9 Å². The van der Waals surface area contributed by atoms with Crippen molar-refractivity contribution < 1.29 is 14.3 Å². The Balaban J connectivity index is 1.48. The molecule has 1 unspecified atom stereocenters. The van der Waals surface area contributed by atoms with Crippen molar-refractivity contribution in [1.29, 1.82) is 0 Å². The van der Waals surface area contributed by atoms with E-state index in [0.717, 1.165) is 25.7 Å². The fraction of sp³-hybridized carbons (Fsp3) is 0.882. The van der Waals surface area contributed by atoms with Crippen LogP contribution in [0.5, 0.6) is 0 Å². The zero-order valence-electron chi connectivity index (χ0n) is 13.6. The molecule has 0 aromatic carbocycles. The number of ether oxygens (including phenoxy) is 1. The van der Waals surface area contributed by atoms with Gasteiger partial charge in [-0.3, -0.25) is 9.59 Å². The van der Waals surface area contributed by atoms with Gasteiger partial charge in [-0.05, 0) is 32.6 Å². The number of rotatable bonds is 4. The Labute approximate surface area is 133 Å². The third kappa shape index (κ3) is 3.80. The summed E-state index contributed by atoms with van der Waals surface area (Å²) in [6, 6.07) is 0.449. The van der Waals surface area contributed by atoms with Gasteiger partial charge in [-0.15, -0.1) is 0 Å². The van der Waals surface area contributed by atoms with Crippen molar-refractivity contribution in [3.8, 4) is 0 Å². The summed E-state index contributed by atoms with van der Waals surface area (Å²) in [5.41, 5.74) is 0. The molecule has 0 spiro atoms. The first-order chi connectivity index (χ1) is 10.6. The smallest absolute Gasteiger partial charge is 0.251 e. The number of carbonyl (C=O) groups excluding carboxylic acids is 2. The molecule has 0 aromatic rings. The molecule has 2 amide bonds. The van der Waals surface area contributed by atoms with Gasteiger partial charge in [0, 0.05) is 19.1 Å². The summed E-state index contributed by atoms with van der Waals surface area (Å²) in [6.07, 6.45) is 9.11. The second-order valence-electron chi connectivity index (χ2n) is 6.97. The van der Waals surface area contributed by atoms with Gasteiger partial charge in [0.25, 0.3) is 5.91 Å². The molecule has 1 saturated heterocycles. The van der Waals surface area contributed by atoms with Crippen LogP contribution in [-0.2, 0) is 14.3 Å². The van der Waals surface area contributed by atoms with Crippen molar-refractivity contribution in [3.05, 3.63) is 0 Å². The lowest BCUT2D eigenvalue weighted by molar-refractivity contribution is -0.154. The van der Waals surface area contributed by atoms with Crippen LogP contribution < -0.4 is 0 Å². The van der Waals surface area contributed by atoms with E-state index in [1.807, 2.05) is 11.8 Å². The van der Waals surface area contributed by atoms with Gasteiger partial charge < -0.3 is 14.5 Å². The summed E-state index contributed by atoms with van der Waals surface area (Å²) >= 11 is 0. The van der Waals surface area contributed by atoms with E-state index in [9.17, 15) is 9.59 Å². The van der Waals surface area contributed by atoms with Crippen molar-refractivity contribution in [2.75, 3.05) is 19.6 Å². The number of hydrogen-bond acceptors (Lipinski definition) is 3. The predicted molar refractivity (Wildman–Crippen MR) is 83.4 cm³/mol. The number of piperazine rings is 1. The fourth-order valence-corrected chi connectivity index (χ4v) is 3.63. The molecule has 5 nitrogen and oxygen atoms in total. The summed E-state index contributed by atoms with van der Waals surface area (Å²) in [5, 5.41) is 0. The van der Waals surface area contributed by atoms with Gasteiger partial charge in [0.2, 0.25) is 5.91 Å². The first-order valence-corrected chi connectivity index (χ1v) is 8.89. The Morgan fingerprint density at radius 1 is 1.09 bits per heavy atom. The van der Waals surface area contributed by atoms with E-state index < -0.39 is 6.10 Å². The maximum atomic E-state index is 12.5. The Morgan fingerprint density at radius 2 is 1.77 bits per heavy atom. The second kappa shape index (κ2) is 6.99. The Morgan fingerprint density at radius 3 is 2.36 bits per heavy atom. The standard InChI is InChI=1S/C17H28N2O3/c1-13(22-15-6-4-2-3-5-7-15)17(21)18-10-11-19(14-8-9-14)16(20)12-18/h13-15H,2-12H2,1H3. The Hall–Kier alpha value is -1.10. The largest absolute Gasteiger partial charge is 0.365 e. The minimum absolute atomic E-state index is 0.0203. The number of carbonyl (C=O) groups is 2. The molecule has 1 heterocycles. The lowest BCUT2D eigenvalue weighted by Gasteiger charge is -2.36. The zero-order valence-corrected chi connectivity index (χ0v) is 13.6. The van der Waals surface area contributed by atoms with E-state index in [-0.39, 0.29) is 24.5 Å². The van der Waals surface area contributed by atoms with E-state index >= 15 is 0 Å². The van der Waals surface area contributed by atoms with Gasteiger partial charge in [-0.2, -0.15) is 0 Å². The second-order valence-corrected chi connectivity index (χ2v) is 6.97. The predicted octanol–water partition coefficient (Wildman–Crippen LogP) is 1.95. The molecule has 3 rings (SSSR count). The first-order valence-electron chi connectivity index (χ1n) is 8.89. The summed E-state index contributed by atoms with van der Waals surface area (Å²) in [4.78, 5) is 28.3. The molecule has 3 aliphatic rings. The summed E-state index contributed by atoms with van der Waals surface area (Å²) in [6.45, 7) is 3.41. The van der Waals surface area contributed by atoms with E-state index in [4.69, 9.17) is 4.74 Å². The highest BCUT2D eigenvalue weighted by Gasteiger charge is 2.37. The van der Waals surface area contributed by atoms with Crippen molar-refractivity contribution in [2.45, 2.75) is 76.5 Å². The van der Waals surface area contributed by atoms with Crippen LogP contribution in [0.3, 0.4) is 0 Å². The monoisotopic (exact) mass is 308 g/mol. The number of nitrogens with zero attached hydrogens (tertiary/aromatic N) is 2. The minimum atomic E-state index is -0.427. The molecule has 3 fully saturated rings. The number of hydrogen-bond donors (Lipinski definition) is 0. The molecule has 2 saturated carbocycles. The molecular formula is C17H28N2O3. The van der Waals surface area contributed by atoms with Crippen LogP contribution in [0.1, 0.15) is 58.3 Å². The molecule has 1 atom stereocenters. The highest BCUT2D eigenvalue weighted by molar-refractivity contribution is 5.88. The molecule has 0 radical (unpaired) electrons. The van der Waals surface area contributed by atoms with E-state index in [1.54, 1.807) is 4.90 Å². The molecular weight excluding hydrogens is 280 g/mol. The van der Waals surface area contributed by atoms with Crippen molar-refractivity contribution in [2.24, 2.45) is 0 Å². The third-order valence-corrected chi connectivity index (χ3v) is 5.10. The van der Waals surface area contributed by atoms with Crippen LogP contribution in [0.4, 0.5) is 0 Å². The Kier molecular flexibility index (Phi) is 5.01. The maximum absolute atomic E-state index is 12.5. The normalized spacial score (nSPS) is 26.0. The van der Waals surface area contributed by atoms with Gasteiger partial charge in [0.05, 0.1) is 12.6 Å².